The molecule has 2 N–H and O–H groups in total. The molecule has 3 nitrogen and oxygen atoms in total. The van der Waals surface area contributed by atoms with Crippen molar-refractivity contribution in [2.75, 3.05) is 14.2 Å². The third-order valence-corrected chi connectivity index (χ3v) is 3.18. The van der Waals surface area contributed by atoms with Crippen LogP contribution >= 0.6 is 0 Å². The number of hydrogen-bond acceptors (Lipinski definition) is 3. The van der Waals surface area contributed by atoms with Crippen LogP contribution in [0.2, 0.25) is 0 Å². The molecule has 1 unspecified atom stereocenters. The van der Waals surface area contributed by atoms with E-state index in [0.717, 1.165) is 29.0 Å². The van der Waals surface area contributed by atoms with E-state index in [0.29, 0.717) is 0 Å². The SMILES string of the molecule is COc1ccc(C(N)Cc2ccccc2OC)cc1. The third-order valence-electron chi connectivity index (χ3n) is 3.18. The molecule has 0 amide bonds. The monoisotopic (exact) mass is 257 g/mol. The molecule has 0 aliphatic heterocycles. The highest BCUT2D eigenvalue weighted by molar-refractivity contribution is 5.36. The first-order valence-corrected chi connectivity index (χ1v) is 6.26. The Morgan fingerprint density at radius 3 is 2.26 bits per heavy atom. The Morgan fingerprint density at radius 2 is 1.63 bits per heavy atom. The van der Waals surface area contributed by atoms with Crippen LogP contribution in [0.4, 0.5) is 0 Å². The fourth-order valence-electron chi connectivity index (χ4n) is 2.08. The van der Waals surface area contributed by atoms with Crippen molar-refractivity contribution in [2.24, 2.45) is 5.73 Å². The van der Waals surface area contributed by atoms with Crippen LogP contribution in [0.1, 0.15) is 17.2 Å². The van der Waals surface area contributed by atoms with Gasteiger partial charge in [-0.25, -0.2) is 0 Å². The van der Waals surface area contributed by atoms with Gasteiger partial charge in [0.05, 0.1) is 14.2 Å². The van der Waals surface area contributed by atoms with Crippen LogP contribution in [-0.2, 0) is 6.42 Å². The summed E-state index contributed by atoms with van der Waals surface area (Å²) >= 11 is 0. The van der Waals surface area contributed by atoms with E-state index in [2.05, 4.69) is 0 Å². The molecule has 0 bridgehead atoms. The van der Waals surface area contributed by atoms with Crippen LogP contribution in [0.5, 0.6) is 11.5 Å². The van der Waals surface area contributed by atoms with Crippen molar-refractivity contribution in [3.63, 3.8) is 0 Å². The highest BCUT2D eigenvalue weighted by atomic mass is 16.5. The first kappa shape index (κ1) is 13.4. The van der Waals surface area contributed by atoms with Gasteiger partial charge < -0.3 is 15.2 Å². The second-order valence-corrected chi connectivity index (χ2v) is 4.40. The summed E-state index contributed by atoms with van der Waals surface area (Å²) < 4.78 is 10.5. The largest absolute Gasteiger partial charge is 0.497 e. The van der Waals surface area contributed by atoms with E-state index < -0.39 is 0 Å². The van der Waals surface area contributed by atoms with Crippen molar-refractivity contribution < 1.29 is 9.47 Å². The molecule has 19 heavy (non-hydrogen) atoms. The van der Waals surface area contributed by atoms with Crippen LogP contribution in [-0.4, -0.2) is 14.2 Å². The quantitative estimate of drug-likeness (QED) is 0.895. The zero-order valence-corrected chi connectivity index (χ0v) is 11.3. The highest BCUT2D eigenvalue weighted by Crippen LogP contribution is 2.24. The van der Waals surface area contributed by atoms with Crippen LogP contribution in [0.15, 0.2) is 48.5 Å². The lowest BCUT2D eigenvalue weighted by Gasteiger charge is -2.15. The smallest absolute Gasteiger partial charge is 0.122 e. The lowest BCUT2D eigenvalue weighted by atomic mass is 9.99. The minimum Gasteiger partial charge on any atom is -0.497 e. The van der Waals surface area contributed by atoms with Gasteiger partial charge in [0.2, 0.25) is 0 Å². The highest BCUT2D eigenvalue weighted by Gasteiger charge is 2.10. The molecule has 1 atom stereocenters. The van der Waals surface area contributed by atoms with E-state index >= 15 is 0 Å². The molecular weight excluding hydrogens is 238 g/mol. The summed E-state index contributed by atoms with van der Waals surface area (Å²) in [6.07, 6.45) is 0.746. The van der Waals surface area contributed by atoms with Crippen LogP contribution in [0.3, 0.4) is 0 Å². The van der Waals surface area contributed by atoms with E-state index in [1.807, 2.05) is 48.5 Å². The molecule has 0 fully saturated rings. The second kappa shape index (κ2) is 6.25. The normalized spacial score (nSPS) is 11.9. The Kier molecular flexibility index (Phi) is 4.42. The second-order valence-electron chi connectivity index (χ2n) is 4.40. The topological polar surface area (TPSA) is 44.5 Å². The molecule has 2 aromatic carbocycles. The molecule has 0 aliphatic rings. The Bertz CT molecular complexity index is 523. The molecule has 3 heteroatoms. The molecule has 0 saturated heterocycles. The van der Waals surface area contributed by atoms with E-state index in [4.69, 9.17) is 15.2 Å². The number of rotatable bonds is 5. The van der Waals surface area contributed by atoms with Gasteiger partial charge in [0.15, 0.2) is 0 Å². The molecule has 0 heterocycles. The molecule has 0 spiro atoms. The summed E-state index contributed by atoms with van der Waals surface area (Å²) in [7, 11) is 3.33. The molecular formula is C16H19NO2. The number of methoxy groups -OCH3 is 2. The van der Waals surface area contributed by atoms with Crippen molar-refractivity contribution in [1.82, 2.24) is 0 Å². The maximum atomic E-state index is 6.25. The number of benzene rings is 2. The zero-order valence-electron chi connectivity index (χ0n) is 11.3. The molecule has 0 aliphatic carbocycles. The van der Waals surface area contributed by atoms with Gasteiger partial charge in [-0.1, -0.05) is 30.3 Å². The maximum Gasteiger partial charge on any atom is 0.122 e. The standard InChI is InChI=1S/C16H19NO2/c1-18-14-9-7-12(8-10-14)15(17)11-13-5-3-4-6-16(13)19-2/h3-10,15H,11,17H2,1-2H3. The van der Waals surface area contributed by atoms with Gasteiger partial charge in [-0.3, -0.25) is 0 Å². The van der Waals surface area contributed by atoms with Crippen molar-refractivity contribution in [2.45, 2.75) is 12.5 Å². The van der Waals surface area contributed by atoms with Gasteiger partial charge in [0.25, 0.3) is 0 Å². The first-order chi connectivity index (χ1) is 9.24. The maximum absolute atomic E-state index is 6.25. The number of hydrogen-bond donors (Lipinski definition) is 1. The Hall–Kier alpha value is -2.00. The van der Waals surface area contributed by atoms with Crippen LogP contribution < -0.4 is 15.2 Å². The zero-order chi connectivity index (χ0) is 13.7. The van der Waals surface area contributed by atoms with E-state index in [-0.39, 0.29) is 6.04 Å². The summed E-state index contributed by atoms with van der Waals surface area (Å²) in [6.45, 7) is 0. The Morgan fingerprint density at radius 1 is 0.947 bits per heavy atom. The van der Waals surface area contributed by atoms with Gasteiger partial charge in [0, 0.05) is 6.04 Å². The van der Waals surface area contributed by atoms with Crippen LogP contribution in [0.25, 0.3) is 0 Å². The summed E-state index contributed by atoms with van der Waals surface area (Å²) in [5, 5.41) is 0. The number of ether oxygens (including phenoxy) is 2. The van der Waals surface area contributed by atoms with E-state index in [1.54, 1.807) is 14.2 Å². The summed E-state index contributed by atoms with van der Waals surface area (Å²) in [5.74, 6) is 1.72. The minimum absolute atomic E-state index is 0.0535. The van der Waals surface area contributed by atoms with Crippen molar-refractivity contribution in [1.29, 1.82) is 0 Å². The van der Waals surface area contributed by atoms with Gasteiger partial charge in [-0.05, 0) is 35.7 Å². The van der Waals surface area contributed by atoms with Gasteiger partial charge >= 0.3 is 0 Å². The van der Waals surface area contributed by atoms with Crippen molar-refractivity contribution in [3.8, 4) is 11.5 Å². The average molecular weight is 257 g/mol. The molecule has 0 saturated carbocycles. The predicted octanol–water partition coefficient (Wildman–Crippen LogP) is 2.95. The predicted molar refractivity (Wildman–Crippen MR) is 76.6 cm³/mol. The minimum atomic E-state index is -0.0535. The molecule has 0 aromatic heterocycles. The Labute approximate surface area is 114 Å². The van der Waals surface area contributed by atoms with Crippen molar-refractivity contribution >= 4 is 0 Å². The third kappa shape index (κ3) is 3.26. The summed E-state index contributed by atoms with van der Waals surface area (Å²) in [4.78, 5) is 0. The number of nitrogens with two attached hydrogens (primary N) is 1. The van der Waals surface area contributed by atoms with Crippen molar-refractivity contribution in [3.05, 3.63) is 59.7 Å². The molecule has 0 radical (unpaired) electrons. The number of para-hydroxylation sites is 1. The van der Waals surface area contributed by atoms with Gasteiger partial charge in [-0.2, -0.15) is 0 Å². The molecule has 2 rings (SSSR count). The van der Waals surface area contributed by atoms with E-state index in [1.165, 1.54) is 0 Å². The summed E-state index contributed by atoms with van der Waals surface area (Å²) in [5.41, 5.74) is 8.45. The fraction of sp³-hybridized carbons (Fsp3) is 0.250. The molecule has 2 aromatic rings. The average Bonchev–Trinajstić information content (AvgIpc) is 2.48. The molecule has 100 valence electrons. The van der Waals surface area contributed by atoms with Gasteiger partial charge in [0.1, 0.15) is 11.5 Å². The van der Waals surface area contributed by atoms with Crippen LogP contribution in [0, 0.1) is 0 Å². The fourth-order valence-corrected chi connectivity index (χ4v) is 2.08. The summed E-state index contributed by atoms with van der Waals surface area (Å²) in [6, 6.07) is 15.8. The Balaban J connectivity index is 2.13. The first-order valence-electron chi connectivity index (χ1n) is 6.26. The lowest BCUT2D eigenvalue weighted by Crippen LogP contribution is -2.13. The lowest BCUT2D eigenvalue weighted by molar-refractivity contribution is 0.408. The van der Waals surface area contributed by atoms with E-state index in [9.17, 15) is 0 Å². The van der Waals surface area contributed by atoms with Gasteiger partial charge in [-0.15, -0.1) is 0 Å².